The standard InChI is InChI=1S/C20H19F3N2O2/c21-20(22,23)16-9-18(26)24-10-15(16)19(27)25-17-8-14(17)13-6-5-11-3-1-2-4-12(11)7-13/h1-7,14-17H,8-10H2,(H,24,26)(H,25,27)/t14-,15?,16?,17+/m0/s1. The first-order valence-electron chi connectivity index (χ1n) is 8.95. The maximum absolute atomic E-state index is 13.2. The summed E-state index contributed by atoms with van der Waals surface area (Å²) in [5, 5.41) is 7.33. The number of benzene rings is 2. The van der Waals surface area contributed by atoms with Crippen LogP contribution in [0.5, 0.6) is 0 Å². The van der Waals surface area contributed by atoms with E-state index < -0.39 is 36.2 Å². The van der Waals surface area contributed by atoms with Gasteiger partial charge in [-0.05, 0) is 22.8 Å². The van der Waals surface area contributed by atoms with Gasteiger partial charge in [0, 0.05) is 24.9 Å². The van der Waals surface area contributed by atoms with Crippen LogP contribution < -0.4 is 10.6 Å². The van der Waals surface area contributed by atoms with Gasteiger partial charge in [0.15, 0.2) is 0 Å². The third-order valence-electron chi connectivity index (χ3n) is 5.49. The van der Waals surface area contributed by atoms with Gasteiger partial charge in [-0.25, -0.2) is 0 Å². The summed E-state index contributed by atoms with van der Waals surface area (Å²) in [6, 6.07) is 13.8. The van der Waals surface area contributed by atoms with E-state index in [2.05, 4.69) is 16.7 Å². The topological polar surface area (TPSA) is 58.2 Å². The van der Waals surface area contributed by atoms with Gasteiger partial charge in [-0.3, -0.25) is 9.59 Å². The molecule has 1 aliphatic heterocycles. The van der Waals surface area contributed by atoms with E-state index in [0.29, 0.717) is 6.42 Å². The first-order valence-corrected chi connectivity index (χ1v) is 8.95. The first-order chi connectivity index (χ1) is 12.8. The Morgan fingerprint density at radius 1 is 1.11 bits per heavy atom. The summed E-state index contributed by atoms with van der Waals surface area (Å²) in [4.78, 5) is 23.8. The number of halogens is 3. The van der Waals surface area contributed by atoms with Crippen LogP contribution in [-0.4, -0.2) is 30.6 Å². The molecule has 2 amide bonds. The van der Waals surface area contributed by atoms with Crippen molar-refractivity contribution in [1.82, 2.24) is 10.6 Å². The number of rotatable bonds is 3. The lowest BCUT2D eigenvalue weighted by molar-refractivity contribution is -0.198. The molecule has 2 aromatic rings. The Labute approximate surface area is 154 Å². The summed E-state index contributed by atoms with van der Waals surface area (Å²) in [6.07, 6.45) is -4.55. The highest BCUT2D eigenvalue weighted by Gasteiger charge is 2.51. The molecule has 27 heavy (non-hydrogen) atoms. The van der Waals surface area contributed by atoms with Crippen LogP contribution in [0, 0.1) is 11.8 Å². The van der Waals surface area contributed by atoms with Crippen molar-refractivity contribution in [2.24, 2.45) is 11.8 Å². The van der Waals surface area contributed by atoms with Crippen molar-refractivity contribution >= 4 is 22.6 Å². The molecule has 0 aromatic heterocycles. The maximum atomic E-state index is 13.2. The Bertz CT molecular complexity index is 896. The van der Waals surface area contributed by atoms with E-state index >= 15 is 0 Å². The molecule has 1 aliphatic carbocycles. The predicted octanol–water partition coefficient (Wildman–Crippen LogP) is 3.13. The lowest BCUT2D eigenvalue weighted by atomic mass is 9.84. The van der Waals surface area contributed by atoms with Gasteiger partial charge >= 0.3 is 6.18 Å². The van der Waals surface area contributed by atoms with Gasteiger partial charge in [0.1, 0.15) is 0 Å². The number of alkyl halides is 3. The van der Waals surface area contributed by atoms with E-state index in [4.69, 9.17) is 0 Å². The molecule has 4 atom stereocenters. The van der Waals surface area contributed by atoms with Crippen molar-refractivity contribution in [3.63, 3.8) is 0 Å². The lowest BCUT2D eigenvalue weighted by Gasteiger charge is -2.32. The zero-order valence-corrected chi connectivity index (χ0v) is 14.4. The van der Waals surface area contributed by atoms with Gasteiger partial charge in [-0.15, -0.1) is 0 Å². The number of piperidine rings is 1. The Hall–Kier alpha value is -2.57. The van der Waals surface area contributed by atoms with Crippen LogP contribution >= 0.6 is 0 Å². The van der Waals surface area contributed by atoms with Crippen LogP contribution in [0.25, 0.3) is 10.8 Å². The number of amides is 2. The molecule has 2 unspecified atom stereocenters. The van der Waals surface area contributed by atoms with Crippen LogP contribution in [-0.2, 0) is 9.59 Å². The minimum Gasteiger partial charge on any atom is -0.355 e. The third kappa shape index (κ3) is 3.63. The summed E-state index contributed by atoms with van der Waals surface area (Å²) in [5.41, 5.74) is 1.07. The van der Waals surface area contributed by atoms with Crippen molar-refractivity contribution in [2.45, 2.75) is 31.0 Å². The molecular weight excluding hydrogens is 357 g/mol. The van der Waals surface area contributed by atoms with E-state index in [0.717, 1.165) is 16.3 Å². The number of carbonyl (C=O) groups is 2. The molecule has 1 saturated heterocycles. The Balaban J connectivity index is 1.43. The van der Waals surface area contributed by atoms with E-state index in [9.17, 15) is 22.8 Å². The second kappa shape index (κ2) is 6.55. The molecular formula is C20H19F3N2O2. The normalized spacial score (nSPS) is 27.9. The zero-order valence-electron chi connectivity index (χ0n) is 14.4. The predicted molar refractivity (Wildman–Crippen MR) is 93.9 cm³/mol. The largest absolute Gasteiger partial charge is 0.393 e. The quantitative estimate of drug-likeness (QED) is 0.865. The van der Waals surface area contributed by atoms with Gasteiger partial charge < -0.3 is 10.6 Å². The van der Waals surface area contributed by atoms with Crippen LogP contribution in [0.2, 0.25) is 0 Å². The summed E-state index contributed by atoms with van der Waals surface area (Å²) >= 11 is 0. The van der Waals surface area contributed by atoms with Crippen LogP contribution in [0.3, 0.4) is 0 Å². The average Bonchev–Trinajstić information content (AvgIpc) is 3.39. The highest BCUT2D eigenvalue weighted by atomic mass is 19.4. The van der Waals surface area contributed by atoms with Crippen molar-refractivity contribution in [3.05, 3.63) is 48.0 Å². The number of hydrogen-bond acceptors (Lipinski definition) is 2. The molecule has 2 fully saturated rings. The molecule has 0 bridgehead atoms. The molecule has 2 N–H and O–H groups in total. The van der Waals surface area contributed by atoms with Crippen molar-refractivity contribution in [3.8, 4) is 0 Å². The van der Waals surface area contributed by atoms with Gasteiger partial charge in [0.05, 0.1) is 11.8 Å². The molecule has 142 valence electrons. The number of nitrogens with one attached hydrogen (secondary N) is 2. The Morgan fingerprint density at radius 2 is 1.85 bits per heavy atom. The fraction of sp³-hybridized carbons (Fsp3) is 0.400. The zero-order chi connectivity index (χ0) is 19.2. The van der Waals surface area contributed by atoms with Crippen LogP contribution in [0.15, 0.2) is 42.5 Å². The fourth-order valence-electron chi connectivity index (χ4n) is 3.85. The van der Waals surface area contributed by atoms with E-state index in [1.54, 1.807) is 0 Å². The first kappa shape index (κ1) is 17.8. The molecule has 2 aliphatic rings. The SMILES string of the molecule is O=C1CC(C(F)(F)F)C(C(=O)N[C@@H]2C[C@H]2c2ccc3ccccc3c2)CN1. The Kier molecular flexibility index (Phi) is 4.32. The smallest absolute Gasteiger partial charge is 0.355 e. The van der Waals surface area contributed by atoms with E-state index in [1.165, 1.54) is 0 Å². The number of carbonyl (C=O) groups excluding carboxylic acids is 2. The van der Waals surface area contributed by atoms with Crippen molar-refractivity contribution in [1.29, 1.82) is 0 Å². The van der Waals surface area contributed by atoms with Gasteiger partial charge in [0.25, 0.3) is 0 Å². The second-order valence-electron chi connectivity index (χ2n) is 7.33. The average molecular weight is 376 g/mol. The molecule has 0 radical (unpaired) electrons. The molecule has 4 nitrogen and oxygen atoms in total. The highest BCUT2D eigenvalue weighted by Crippen LogP contribution is 2.43. The summed E-state index contributed by atoms with van der Waals surface area (Å²) in [5.74, 6) is -4.39. The lowest BCUT2D eigenvalue weighted by Crippen LogP contribution is -2.52. The van der Waals surface area contributed by atoms with Crippen LogP contribution in [0.4, 0.5) is 13.2 Å². The molecule has 2 aromatic carbocycles. The summed E-state index contributed by atoms with van der Waals surface area (Å²) < 4.78 is 39.6. The summed E-state index contributed by atoms with van der Waals surface area (Å²) in [6.45, 7) is -0.276. The number of fused-ring (bicyclic) bond motifs is 1. The molecule has 4 rings (SSSR count). The number of hydrogen-bond donors (Lipinski definition) is 2. The summed E-state index contributed by atoms with van der Waals surface area (Å²) in [7, 11) is 0. The van der Waals surface area contributed by atoms with Gasteiger partial charge in [-0.2, -0.15) is 13.2 Å². The van der Waals surface area contributed by atoms with Crippen molar-refractivity contribution in [2.75, 3.05) is 6.54 Å². The highest BCUT2D eigenvalue weighted by molar-refractivity contribution is 5.85. The molecule has 0 spiro atoms. The Morgan fingerprint density at radius 3 is 2.59 bits per heavy atom. The minimum absolute atomic E-state index is 0.112. The van der Waals surface area contributed by atoms with Crippen molar-refractivity contribution < 1.29 is 22.8 Å². The van der Waals surface area contributed by atoms with E-state index in [-0.39, 0.29) is 18.5 Å². The third-order valence-corrected chi connectivity index (χ3v) is 5.49. The molecule has 7 heteroatoms. The fourth-order valence-corrected chi connectivity index (χ4v) is 3.85. The molecule has 1 saturated carbocycles. The monoisotopic (exact) mass is 376 g/mol. The van der Waals surface area contributed by atoms with Gasteiger partial charge in [-0.1, -0.05) is 42.5 Å². The second-order valence-corrected chi connectivity index (χ2v) is 7.33. The van der Waals surface area contributed by atoms with E-state index in [1.807, 2.05) is 36.4 Å². The van der Waals surface area contributed by atoms with Crippen LogP contribution in [0.1, 0.15) is 24.3 Å². The minimum atomic E-state index is -4.57. The van der Waals surface area contributed by atoms with Gasteiger partial charge in [0.2, 0.25) is 11.8 Å². The maximum Gasteiger partial charge on any atom is 0.393 e. The molecule has 1 heterocycles.